The summed E-state index contributed by atoms with van der Waals surface area (Å²) < 4.78 is 3.69. The Morgan fingerprint density at radius 2 is 1.71 bits per heavy atom. The van der Waals surface area contributed by atoms with Gasteiger partial charge < -0.3 is 9.72 Å². The summed E-state index contributed by atoms with van der Waals surface area (Å²) in [6, 6.07) is 23.6. The lowest BCUT2D eigenvalue weighted by molar-refractivity contribution is 0.0951. The quantitative estimate of drug-likeness (QED) is 0.469. The van der Waals surface area contributed by atoms with E-state index in [9.17, 15) is 4.79 Å². The molecule has 0 radical (unpaired) electrons. The average Bonchev–Trinajstić information content (AvgIpc) is 3.43. The van der Waals surface area contributed by atoms with Crippen molar-refractivity contribution in [2.45, 2.75) is 13.5 Å². The first-order chi connectivity index (χ1) is 15.2. The maximum Gasteiger partial charge on any atom is 0.255 e. The van der Waals surface area contributed by atoms with Crippen LogP contribution in [0.2, 0.25) is 0 Å². The molecule has 3 aromatic heterocycles. The number of amides is 1. The van der Waals surface area contributed by atoms with Gasteiger partial charge in [-0.15, -0.1) is 0 Å². The molecule has 152 valence electrons. The predicted octanol–water partition coefficient (Wildman–Crippen LogP) is 4.43. The van der Waals surface area contributed by atoms with Gasteiger partial charge in [-0.25, -0.2) is 9.67 Å². The van der Waals surface area contributed by atoms with Crippen molar-refractivity contribution < 1.29 is 4.79 Å². The van der Waals surface area contributed by atoms with E-state index in [1.807, 2.05) is 96.5 Å². The van der Waals surface area contributed by atoms with Crippen LogP contribution in [0.5, 0.6) is 0 Å². The number of nitrogens with one attached hydrogen (secondary N) is 1. The highest BCUT2D eigenvalue weighted by Gasteiger charge is 2.20. The molecule has 0 atom stereocenters. The molecule has 1 amide bonds. The summed E-state index contributed by atoms with van der Waals surface area (Å²) in [6.07, 6.45) is 5.65. The number of hydrogen-bond donors (Lipinski definition) is 1. The minimum absolute atomic E-state index is 0.183. The van der Waals surface area contributed by atoms with Crippen molar-refractivity contribution in [3.8, 4) is 16.9 Å². The van der Waals surface area contributed by atoms with Crippen LogP contribution >= 0.6 is 0 Å². The Morgan fingerprint density at radius 3 is 2.52 bits per heavy atom. The number of pyridine rings is 1. The number of fused-ring (bicyclic) bond motifs is 1. The molecule has 2 aromatic carbocycles. The number of benzene rings is 2. The standard InChI is InChI=1S/C25H21N5O/c1-18-9-5-6-12-21(18)24-22(17-30(28-24)20-10-3-2-4-11-20)25(31)26-15-19-16-29-14-8-7-13-23(29)27-19/h2-14,16-17H,15H2,1H3,(H,26,31). The summed E-state index contributed by atoms with van der Waals surface area (Å²) in [5.41, 5.74) is 5.75. The van der Waals surface area contributed by atoms with E-state index in [1.165, 1.54) is 0 Å². The second-order valence-corrected chi connectivity index (χ2v) is 7.37. The van der Waals surface area contributed by atoms with Gasteiger partial charge in [0.05, 0.1) is 23.5 Å². The van der Waals surface area contributed by atoms with Crippen LogP contribution in [0.3, 0.4) is 0 Å². The second-order valence-electron chi connectivity index (χ2n) is 7.37. The molecular formula is C25H21N5O. The molecule has 0 fully saturated rings. The number of rotatable bonds is 5. The molecule has 0 aliphatic carbocycles. The first-order valence-electron chi connectivity index (χ1n) is 10.1. The number of carbonyl (C=O) groups is 1. The molecule has 0 bridgehead atoms. The van der Waals surface area contributed by atoms with Gasteiger partial charge >= 0.3 is 0 Å². The highest BCUT2D eigenvalue weighted by Crippen LogP contribution is 2.26. The van der Waals surface area contributed by atoms with E-state index in [4.69, 9.17) is 5.10 Å². The van der Waals surface area contributed by atoms with E-state index < -0.39 is 0 Å². The van der Waals surface area contributed by atoms with Crippen LogP contribution in [-0.4, -0.2) is 25.1 Å². The van der Waals surface area contributed by atoms with Gasteiger partial charge in [-0.2, -0.15) is 5.10 Å². The zero-order chi connectivity index (χ0) is 21.2. The summed E-state index contributed by atoms with van der Waals surface area (Å²) in [5, 5.41) is 7.76. The third-order valence-corrected chi connectivity index (χ3v) is 5.22. The SMILES string of the molecule is Cc1ccccc1-c1nn(-c2ccccc2)cc1C(=O)NCc1cn2ccccc2n1. The van der Waals surface area contributed by atoms with Crippen molar-refractivity contribution in [1.82, 2.24) is 24.5 Å². The summed E-state index contributed by atoms with van der Waals surface area (Å²) in [4.78, 5) is 17.7. The lowest BCUT2D eigenvalue weighted by Gasteiger charge is -2.06. The molecule has 0 saturated carbocycles. The van der Waals surface area contributed by atoms with Gasteiger partial charge in [-0.3, -0.25) is 4.79 Å². The highest BCUT2D eigenvalue weighted by atomic mass is 16.1. The molecule has 6 nitrogen and oxygen atoms in total. The molecule has 0 aliphatic rings. The zero-order valence-electron chi connectivity index (χ0n) is 17.1. The van der Waals surface area contributed by atoms with E-state index in [2.05, 4.69) is 10.3 Å². The maximum absolute atomic E-state index is 13.2. The van der Waals surface area contributed by atoms with E-state index in [1.54, 1.807) is 10.9 Å². The molecule has 0 unspecified atom stereocenters. The van der Waals surface area contributed by atoms with E-state index in [-0.39, 0.29) is 5.91 Å². The van der Waals surface area contributed by atoms with E-state index in [0.29, 0.717) is 17.8 Å². The van der Waals surface area contributed by atoms with Crippen LogP contribution in [0.15, 0.2) is 91.4 Å². The number of aryl methyl sites for hydroxylation is 1. The minimum atomic E-state index is -0.183. The van der Waals surface area contributed by atoms with Crippen LogP contribution in [0, 0.1) is 6.92 Å². The summed E-state index contributed by atoms with van der Waals surface area (Å²) in [7, 11) is 0. The lowest BCUT2D eigenvalue weighted by atomic mass is 10.0. The van der Waals surface area contributed by atoms with Gasteiger partial charge in [-0.05, 0) is 36.8 Å². The van der Waals surface area contributed by atoms with Crippen LogP contribution in [0.1, 0.15) is 21.6 Å². The predicted molar refractivity (Wildman–Crippen MR) is 120 cm³/mol. The smallest absolute Gasteiger partial charge is 0.255 e. The van der Waals surface area contributed by atoms with Crippen LogP contribution in [0.4, 0.5) is 0 Å². The molecule has 31 heavy (non-hydrogen) atoms. The van der Waals surface area contributed by atoms with Crippen molar-refractivity contribution in [1.29, 1.82) is 0 Å². The fourth-order valence-corrected chi connectivity index (χ4v) is 3.63. The summed E-state index contributed by atoms with van der Waals surface area (Å²) >= 11 is 0. The largest absolute Gasteiger partial charge is 0.346 e. The van der Waals surface area contributed by atoms with Gasteiger partial charge in [0, 0.05) is 24.2 Å². The molecule has 0 saturated heterocycles. The molecule has 0 spiro atoms. The Morgan fingerprint density at radius 1 is 0.935 bits per heavy atom. The normalized spacial score (nSPS) is 11.0. The Hall–Kier alpha value is -4.19. The van der Waals surface area contributed by atoms with Crippen molar-refractivity contribution >= 4 is 11.6 Å². The summed E-state index contributed by atoms with van der Waals surface area (Å²) in [6.45, 7) is 2.36. The Labute approximate surface area is 179 Å². The third kappa shape index (κ3) is 3.71. The molecule has 5 aromatic rings. The van der Waals surface area contributed by atoms with Crippen LogP contribution in [0.25, 0.3) is 22.6 Å². The molecule has 1 N–H and O–H groups in total. The minimum Gasteiger partial charge on any atom is -0.346 e. The maximum atomic E-state index is 13.2. The van der Waals surface area contributed by atoms with Gasteiger partial charge in [0.1, 0.15) is 11.3 Å². The van der Waals surface area contributed by atoms with Gasteiger partial charge in [0.2, 0.25) is 0 Å². The number of hydrogen-bond acceptors (Lipinski definition) is 3. The topological polar surface area (TPSA) is 64.2 Å². The van der Waals surface area contributed by atoms with Crippen molar-refractivity contribution in [3.63, 3.8) is 0 Å². The Kier molecular flexibility index (Phi) is 4.80. The van der Waals surface area contributed by atoms with Crippen molar-refractivity contribution in [2.75, 3.05) is 0 Å². The molecule has 0 aliphatic heterocycles. The molecule has 3 heterocycles. The summed E-state index contributed by atoms with van der Waals surface area (Å²) in [5.74, 6) is -0.183. The average molecular weight is 407 g/mol. The van der Waals surface area contributed by atoms with Gasteiger partial charge in [0.15, 0.2) is 0 Å². The number of para-hydroxylation sites is 1. The van der Waals surface area contributed by atoms with Gasteiger partial charge in [0.25, 0.3) is 5.91 Å². The first kappa shape index (κ1) is 18.8. The van der Waals surface area contributed by atoms with Crippen LogP contribution < -0.4 is 5.32 Å². The second kappa shape index (κ2) is 7.91. The number of carbonyl (C=O) groups excluding carboxylic acids is 1. The van der Waals surface area contributed by atoms with Gasteiger partial charge in [-0.1, -0.05) is 48.5 Å². The Bertz CT molecular complexity index is 1330. The first-order valence-corrected chi connectivity index (χ1v) is 10.1. The fraction of sp³-hybridized carbons (Fsp3) is 0.0800. The van der Waals surface area contributed by atoms with E-state index in [0.717, 1.165) is 28.2 Å². The van der Waals surface area contributed by atoms with Crippen molar-refractivity contribution in [2.24, 2.45) is 0 Å². The number of nitrogens with zero attached hydrogens (tertiary/aromatic N) is 4. The third-order valence-electron chi connectivity index (χ3n) is 5.22. The number of aromatic nitrogens is 4. The lowest BCUT2D eigenvalue weighted by Crippen LogP contribution is -2.23. The van der Waals surface area contributed by atoms with E-state index >= 15 is 0 Å². The number of imidazole rings is 1. The molecular weight excluding hydrogens is 386 g/mol. The zero-order valence-corrected chi connectivity index (χ0v) is 17.1. The van der Waals surface area contributed by atoms with Crippen molar-refractivity contribution in [3.05, 3.63) is 108 Å². The molecule has 6 heteroatoms. The van der Waals surface area contributed by atoms with Crippen LogP contribution in [-0.2, 0) is 6.54 Å². The molecule has 5 rings (SSSR count). The Balaban J connectivity index is 1.48. The fourth-order valence-electron chi connectivity index (χ4n) is 3.63. The monoisotopic (exact) mass is 407 g/mol. The highest BCUT2D eigenvalue weighted by molar-refractivity contribution is 6.00.